The van der Waals surface area contributed by atoms with E-state index in [-0.39, 0.29) is 11.1 Å². The van der Waals surface area contributed by atoms with Crippen molar-refractivity contribution < 1.29 is 4.79 Å². The van der Waals surface area contributed by atoms with E-state index in [0.717, 1.165) is 18.4 Å². The van der Waals surface area contributed by atoms with E-state index in [1.807, 2.05) is 0 Å². The summed E-state index contributed by atoms with van der Waals surface area (Å²) in [4.78, 5) is 16.1. The summed E-state index contributed by atoms with van der Waals surface area (Å²) in [5.74, 6) is 7.92. The molecule has 1 aromatic rings. The van der Waals surface area contributed by atoms with E-state index in [2.05, 4.69) is 15.7 Å². The first-order valence-electron chi connectivity index (χ1n) is 7.08. The molecule has 6 heteroatoms. The number of nitrogens with one attached hydrogen (secondary N) is 2. The number of carbonyl (C=O) groups excluding carboxylic acids is 1. The van der Waals surface area contributed by atoms with Crippen LogP contribution < -0.4 is 16.6 Å². The molecule has 0 aliphatic heterocycles. The van der Waals surface area contributed by atoms with Gasteiger partial charge in [0.1, 0.15) is 11.0 Å². The van der Waals surface area contributed by atoms with Gasteiger partial charge < -0.3 is 10.7 Å². The molecule has 0 saturated heterocycles. The second-order valence-electron chi connectivity index (χ2n) is 5.85. The molecule has 3 unspecified atom stereocenters. The number of halogens is 1. The molecular formula is C14H19ClN4O. The minimum Gasteiger partial charge on any atom is -0.352 e. The number of hydrogen-bond donors (Lipinski definition) is 3. The zero-order chi connectivity index (χ0) is 14.1. The molecule has 2 aliphatic rings. The first kappa shape index (κ1) is 13.6. The van der Waals surface area contributed by atoms with Crippen molar-refractivity contribution in [3.63, 3.8) is 0 Å². The van der Waals surface area contributed by atoms with E-state index in [0.29, 0.717) is 17.3 Å². The second-order valence-corrected chi connectivity index (χ2v) is 6.24. The number of carbonyl (C=O) groups is 1. The normalized spacial score (nSPS) is 27.6. The molecule has 1 heterocycles. The highest BCUT2D eigenvalue weighted by atomic mass is 35.5. The summed E-state index contributed by atoms with van der Waals surface area (Å²) in [6, 6.07) is 3.15. The number of nitrogens with zero attached hydrogens (tertiary/aromatic N) is 1. The van der Waals surface area contributed by atoms with Crippen molar-refractivity contribution in [1.29, 1.82) is 0 Å². The lowest BCUT2D eigenvalue weighted by Gasteiger charge is -2.21. The van der Waals surface area contributed by atoms with E-state index in [4.69, 9.17) is 17.4 Å². The first-order chi connectivity index (χ1) is 9.65. The summed E-state index contributed by atoms with van der Waals surface area (Å²) in [5.41, 5.74) is 2.89. The molecule has 20 heavy (non-hydrogen) atoms. The van der Waals surface area contributed by atoms with E-state index in [1.165, 1.54) is 25.7 Å². The number of anilines is 1. The van der Waals surface area contributed by atoms with Crippen molar-refractivity contribution in [1.82, 2.24) is 10.3 Å². The number of hydrogen-bond acceptors (Lipinski definition) is 4. The summed E-state index contributed by atoms with van der Waals surface area (Å²) < 4.78 is 0. The molecule has 2 bridgehead atoms. The van der Waals surface area contributed by atoms with Gasteiger partial charge in [0.25, 0.3) is 5.91 Å². The van der Waals surface area contributed by atoms with Crippen LogP contribution in [0.1, 0.15) is 36.0 Å². The number of aromatic nitrogens is 1. The van der Waals surface area contributed by atoms with Crippen molar-refractivity contribution in [2.45, 2.75) is 25.7 Å². The van der Waals surface area contributed by atoms with Gasteiger partial charge in [0, 0.05) is 12.1 Å². The molecule has 0 radical (unpaired) electrons. The van der Waals surface area contributed by atoms with Crippen LogP contribution in [0.4, 0.5) is 5.82 Å². The standard InChI is InChI=1S/C14H19ClN4O/c15-12-5-10(6-13(18-12)19-16)14(20)17-7-11-4-8-1-2-9(11)3-8/h5-6,8-9,11H,1-4,7,16H2,(H,17,20)(H,18,19). The lowest BCUT2D eigenvalue weighted by atomic mass is 9.89. The Hall–Kier alpha value is -1.33. The van der Waals surface area contributed by atoms with E-state index >= 15 is 0 Å². The number of fused-ring (bicyclic) bond motifs is 2. The smallest absolute Gasteiger partial charge is 0.251 e. The lowest BCUT2D eigenvalue weighted by Crippen LogP contribution is -2.31. The molecule has 3 rings (SSSR count). The number of hydrazine groups is 1. The quantitative estimate of drug-likeness (QED) is 0.452. The summed E-state index contributed by atoms with van der Waals surface area (Å²) in [7, 11) is 0. The predicted octanol–water partition coefficient (Wildman–Crippen LogP) is 2.19. The molecule has 1 aromatic heterocycles. The maximum atomic E-state index is 12.2. The Labute approximate surface area is 123 Å². The second kappa shape index (κ2) is 5.58. The Morgan fingerprint density at radius 1 is 1.40 bits per heavy atom. The van der Waals surface area contributed by atoms with Crippen molar-refractivity contribution in [3.05, 3.63) is 22.8 Å². The Morgan fingerprint density at radius 2 is 2.25 bits per heavy atom. The Kier molecular flexibility index (Phi) is 3.81. The van der Waals surface area contributed by atoms with E-state index in [9.17, 15) is 4.79 Å². The SMILES string of the molecule is NNc1cc(C(=O)NCC2CC3CCC2C3)cc(Cl)n1. The maximum absolute atomic E-state index is 12.2. The largest absolute Gasteiger partial charge is 0.352 e. The average molecular weight is 295 g/mol. The molecule has 0 aromatic carbocycles. The van der Waals surface area contributed by atoms with Gasteiger partial charge >= 0.3 is 0 Å². The van der Waals surface area contributed by atoms with Crippen LogP contribution in [0.2, 0.25) is 5.15 Å². The van der Waals surface area contributed by atoms with Crippen LogP contribution in [-0.2, 0) is 0 Å². The number of amides is 1. The highest BCUT2D eigenvalue weighted by Crippen LogP contribution is 2.47. The van der Waals surface area contributed by atoms with Crippen LogP contribution >= 0.6 is 11.6 Å². The van der Waals surface area contributed by atoms with Crippen LogP contribution in [-0.4, -0.2) is 17.4 Å². The topological polar surface area (TPSA) is 80.0 Å². The highest BCUT2D eigenvalue weighted by Gasteiger charge is 2.39. The van der Waals surface area contributed by atoms with Crippen LogP contribution in [0.3, 0.4) is 0 Å². The van der Waals surface area contributed by atoms with Gasteiger partial charge in [-0.3, -0.25) is 4.79 Å². The molecule has 3 atom stereocenters. The van der Waals surface area contributed by atoms with Crippen molar-refractivity contribution in [2.75, 3.05) is 12.0 Å². The number of nitrogen functional groups attached to an aromatic ring is 1. The van der Waals surface area contributed by atoms with Gasteiger partial charge in [-0.2, -0.15) is 0 Å². The van der Waals surface area contributed by atoms with E-state index < -0.39 is 0 Å². The molecule has 2 saturated carbocycles. The van der Waals surface area contributed by atoms with Gasteiger partial charge in [0.2, 0.25) is 0 Å². The molecule has 0 spiro atoms. The highest BCUT2D eigenvalue weighted by molar-refractivity contribution is 6.29. The number of nitrogens with two attached hydrogens (primary N) is 1. The Bertz CT molecular complexity index is 522. The Morgan fingerprint density at radius 3 is 2.90 bits per heavy atom. The molecule has 5 nitrogen and oxygen atoms in total. The van der Waals surface area contributed by atoms with Gasteiger partial charge in [0.05, 0.1) is 0 Å². The zero-order valence-electron chi connectivity index (χ0n) is 11.2. The molecule has 1 amide bonds. The van der Waals surface area contributed by atoms with Gasteiger partial charge in [-0.05, 0) is 49.1 Å². The molecule has 2 aliphatic carbocycles. The Balaban J connectivity index is 1.60. The molecular weight excluding hydrogens is 276 g/mol. The summed E-state index contributed by atoms with van der Waals surface area (Å²) in [5, 5.41) is 3.27. The van der Waals surface area contributed by atoms with Crippen LogP contribution in [0.25, 0.3) is 0 Å². The average Bonchev–Trinajstić information content (AvgIpc) is 3.06. The molecule has 2 fully saturated rings. The van der Waals surface area contributed by atoms with Gasteiger partial charge in [0.15, 0.2) is 0 Å². The fourth-order valence-corrected chi connectivity index (χ4v) is 3.86. The predicted molar refractivity (Wildman–Crippen MR) is 78.3 cm³/mol. The van der Waals surface area contributed by atoms with Crippen LogP contribution in [0.5, 0.6) is 0 Å². The minimum absolute atomic E-state index is 0.117. The first-order valence-corrected chi connectivity index (χ1v) is 7.46. The van der Waals surface area contributed by atoms with Gasteiger partial charge in [-0.1, -0.05) is 18.0 Å². The number of pyridine rings is 1. The fraction of sp³-hybridized carbons (Fsp3) is 0.571. The summed E-state index contributed by atoms with van der Waals surface area (Å²) in [6.07, 6.45) is 5.31. The molecule has 4 N–H and O–H groups in total. The third-order valence-electron chi connectivity index (χ3n) is 4.61. The number of rotatable bonds is 4. The summed E-state index contributed by atoms with van der Waals surface area (Å²) in [6.45, 7) is 0.755. The van der Waals surface area contributed by atoms with Crippen molar-refractivity contribution in [3.8, 4) is 0 Å². The third kappa shape index (κ3) is 2.74. The van der Waals surface area contributed by atoms with Crippen LogP contribution in [0, 0.1) is 17.8 Å². The van der Waals surface area contributed by atoms with Crippen LogP contribution in [0.15, 0.2) is 12.1 Å². The summed E-state index contributed by atoms with van der Waals surface area (Å²) >= 11 is 5.86. The van der Waals surface area contributed by atoms with Crippen molar-refractivity contribution in [2.24, 2.45) is 23.6 Å². The molecule has 108 valence electrons. The van der Waals surface area contributed by atoms with Gasteiger partial charge in [-0.15, -0.1) is 0 Å². The maximum Gasteiger partial charge on any atom is 0.251 e. The lowest BCUT2D eigenvalue weighted by molar-refractivity contribution is 0.0941. The zero-order valence-corrected chi connectivity index (χ0v) is 12.0. The van der Waals surface area contributed by atoms with E-state index in [1.54, 1.807) is 12.1 Å². The van der Waals surface area contributed by atoms with Crippen molar-refractivity contribution >= 4 is 23.3 Å². The minimum atomic E-state index is -0.117. The fourth-order valence-electron chi connectivity index (χ4n) is 3.65. The third-order valence-corrected chi connectivity index (χ3v) is 4.81. The van der Waals surface area contributed by atoms with Gasteiger partial charge in [-0.25, -0.2) is 10.8 Å². The monoisotopic (exact) mass is 294 g/mol.